The Balaban J connectivity index is 1.58. The molecule has 0 bridgehead atoms. The lowest BCUT2D eigenvalue weighted by Crippen LogP contribution is -2.39. The molecule has 130 valence electrons. The molecule has 3 aliphatic rings. The molecule has 0 unspecified atom stereocenters. The van der Waals surface area contributed by atoms with Crippen molar-refractivity contribution in [2.75, 3.05) is 18.1 Å². The van der Waals surface area contributed by atoms with E-state index in [2.05, 4.69) is 0 Å². The fourth-order valence-electron chi connectivity index (χ4n) is 3.16. The highest BCUT2D eigenvalue weighted by Crippen LogP contribution is 2.36. The van der Waals surface area contributed by atoms with E-state index in [-0.39, 0.29) is 23.5 Å². The number of nitrogens with zero attached hydrogens (tertiary/aromatic N) is 1. The van der Waals surface area contributed by atoms with Crippen molar-refractivity contribution in [3.8, 4) is 5.75 Å². The smallest absolute Gasteiger partial charge is 0.266 e. The quantitative estimate of drug-likeness (QED) is 0.568. The summed E-state index contributed by atoms with van der Waals surface area (Å²) in [7, 11) is -3.07. The van der Waals surface area contributed by atoms with Gasteiger partial charge in [-0.05, 0) is 30.2 Å². The molecule has 0 N–H and O–H groups in total. The second-order valence-corrected chi connectivity index (χ2v) is 10.1. The number of hydrogen-bond donors (Lipinski definition) is 0. The highest BCUT2D eigenvalue weighted by Gasteiger charge is 2.42. The van der Waals surface area contributed by atoms with Gasteiger partial charge >= 0.3 is 0 Å². The molecule has 1 amide bonds. The zero-order valence-electron chi connectivity index (χ0n) is 13.2. The molecule has 2 fully saturated rings. The average molecular weight is 394 g/mol. The summed E-state index contributed by atoms with van der Waals surface area (Å²) >= 11 is 6.54. The minimum Gasteiger partial charge on any atom is -0.488 e. The van der Waals surface area contributed by atoms with Gasteiger partial charge in [-0.1, -0.05) is 42.2 Å². The molecule has 0 aromatic heterocycles. The lowest BCUT2D eigenvalue weighted by molar-refractivity contribution is -0.123. The van der Waals surface area contributed by atoms with Gasteiger partial charge in [0.1, 0.15) is 16.7 Å². The third-order valence-electron chi connectivity index (χ3n) is 4.37. The second-order valence-electron chi connectivity index (χ2n) is 6.15. The molecule has 1 aromatic carbocycles. The number of benzene rings is 1. The molecule has 1 atom stereocenters. The van der Waals surface area contributed by atoms with Crippen LogP contribution >= 0.6 is 24.0 Å². The summed E-state index contributed by atoms with van der Waals surface area (Å²) in [6, 6.07) is 7.36. The molecule has 1 aromatic rings. The van der Waals surface area contributed by atoms with Crippen LogP contribution in [-0.4, -0.2) is 47.7 Å². The van der Waals surface area contributed by atoms with E-state index in [0.29, 0.717) is 22.3 Å². The van der Waals surface area contributed by atoms with Crippen molar-refractivity contribution in [3.63, 3.8) is 0 Å². The molecule has 8 heteroatoms. The van der Waals surface area contributed by atoms with E-state index in [0.717, 1.165) is 16.9 Å². The number of carbonyl (C=O) groups excluding carboxylic acids is 1. The molecular weight excluding hydrogens is 378 g/mol. The topological polar surface area (TPSA) is 63.7 Å². The number of sulfone groups is 1. The van der Waals surface area contributed by atoms with Gasteiger partial charge in [0, 0.05) is 5.56 Å². The number of ether oxygens (including phenoxy) is 1. The molecule has 3 heterocycles. The van der Waals surface area contributed by atoms with Crippen LogP contribution in [0.15, 0.2) is 40.8 Å². The Hall–Kier alpha value is -1.64. The maximum Gasteiger partial charge on any atom is 0.266 e. The van der Waals surface area contributed by atoms with E-state index in [1.807, 2.05) is 30.3 Å². The minimum atomic E-state index is -3.07. The van der Waals surface area contributed by atoms with Gasteiger partial charge in [-0.2, -0.15) is 0 Å². The van der Waals surface area contributed by atoms with Crippen molar-refractivity contribution in [1.82, 2.24) is 4.90 Å². The first-order valence-electron chi connectivity index (χ1n) is 7.83. The highest BCUT2D eigenvalue weighted by atomic mass is 32.2. The zero-order chi connectivity index (χ0) is 17.6. The number of hydrogen-bond acceptors (Lipinski definition) is 6. The lowest BCUT2D eigenvalue weighted by atomic mass is 10.1. The predicted molar refractivity (Wildman–Crippen MR) is 102 cm³/mol. The number of fused-ring (bicyclic) bond motifs is 1. The molecule has 25 heavy (non-hydrogen) atoms. The summed E-state index contributed by atoms with van der Waals surface area (Å²) in [5, 5.41) is 0. The maximum atomic E-state index is 12.7. The van der Waals surface area contributed by atoms with Gasteiger partial charge in [0.05, 0.1) is 22.5 Å². The number of thioether (sulfide) groups is 1. The molecule has 0 spiro atoms. The minimum absolute atomic E-state index is 0.00803. The van der Waals surface area contributed by atoms with Crippen LogP contribution in [0, 0.1) is 0 Å². The van der Waals surface area contributed by atoms with Gasteiger partial charge in [-0.15, -0.1) is 0 Å². The van der Waals surface area contributed by atoms with E-state index in [1.54, 1.807) is 6.08 Å². The Kier molecular flexibility index (Phi) is 4.21. The highest BCUT2D eigenvalue weighted by molar-refractivity contribution is 8.26. The number of rotatable bonds is 2. The van der Waals surface area contributed by atoms with Crippen LogP contribution < -0.4 is 4.74 Å². The standard InChI is InChI=1S/C17H15NO4S3/c19-16-15(8-11-7-12-3-1-2-4-14(12)22-9-11)24-17(23)18(16)13-5-6-25(20,21)10-13/h1-4,7-8,13H,5-6,9-10H2/b15-8+/t13-/m0/s1. The Morgan fingerprint density at radius 3 is 2.88 bits per heavy atom. The first-order chi connectivity index (χ1) is 11.9. The lowest BCUT2D eigenvalue weighted by Gasteiger charge is -2.21. The van der Waals surface area contributed by atoms with Crippen LogP contribution in [-0.2, 0) is 14.6 Å². The van der Waals surface area contributed by atoms with Crippen molar-refractivity contribution in [3.05, 3.63) is 46.4 Å². The fourth-order valence-corrected chi connectivity index (χ4v) is 6.27. The van der Waals surface area contributed by atoms with Crippen LogP contribution in [0.25, 0.3) is 6.08 Å². The molecule has 4 rings (SSSR count). The summed E-state index contributed by atoms with van der Waals surface area (Å²) in [5.74, 6) is 0.718. The van der Waals surface area contributed by atoms with E-state index in [1.165, 1.54) is 16.7 Å². The van der Waals surface area contributed by atoms with Gasteiger partial charge in [-0.3, -0.25) is 9.69 Å². The summed E-state index contributed by atoms with van der Waals surface area (Å²) in [5.41, 5.74) is 1.86. The molecular formula is C17H15NO4S3. The largest absolute Gasteiger partial charge is 0.488 e. The average Bonchev–Trinajstić information content (AvgIpc) is 3.06. The second kappa shape index (κ2) is 6.26. The molecule has 0 saturated carbocycles. The third kappa shape index (κ3) is 3.26. The zero-order valence-corrected chi connectivity index (χ0v) is 15.6. The number of para-hydroxylation sites is 1. The normalized spacial score (nSPS) is 26.6. The summed E-state index contributed by atoms with van der Waals surface area (Å²) in [6.07, 6.45) is 4.23. The maximum absolute atomic E-state index is 12.7. The Morgan fingerprint density at radius 2 is 2.12 bits per heavy atom. The van der Waals surface area contributed by atoms with Crippen molar-refractivity contribution in [1.29, 1.82) is 0 Å². The predicted octanol–water partition coefficient (Wildman–Crippen LogP) is 2.39. The first kappa shape index (κ1) is 16.8. The number of amides is 1. The van der Waals surface area contributed by atoms with Crippen LogP contribution in [0.4, 0.5) is 0 Å². The van der Waals surface area contributed by atoms with Crippen molar-refractivity contribution < 1.29 is 17.9 Å². The molecule has 5 nitrogen and oxygen atoms in total. The van der Waals surface area contributed by atoms with Gasteiger partial charge in [0.25, 0.3) is 5.91 Å². The molecule has 2 saturated heterocycles. The van der Waals surface area contributed by atoms with E-state index in [9.17, 15) is 13.2 Å². The summed E-state index contributed by atoms with van der Waals surface area (Å²) in [6.45, 7) is 0.388. The third-order valence-corrected chi connectivity index (χ3v) is 7.45. The number of carbonyl (C=O) groups is 1. The van der Waals surface area contributed by atoms with Gasteiger partial charge in [0.15, 0.2) is 9.84 Å². The molecule has 3 aliphatic heterocycles. The van der Waals surface area contributed by atoms with Crippen LogP contribution in [0.1, 0.15) is 12.0 Å². The van der Waals surface area contributed by atoms with Gasteiger partial charge in [0.2, 0.25) is 0 Å². The van der Waals surface area contributed by atoms with Gasteiger partial charge < -0.3 is 4.74 Å². The fraction of sp³-hybridized carbons (Fsp3) is 0.294. The summed E-state index contributed by atoms with van der Waals surface area (Å²) in [4.78, 5) is 14.7. The van der Waals surface area contributed by atoms with E-state index in [4.69, 9.17) is 17.0 Å². The molecule has 0 aliphatic carbocycles. The van der Waals surface area contributed by atoms with E-state index < -0.39 is 9.84 Å². The van der Waals surface area contributed by atoms with E-state index >= 15 is 0 Å². The van der Waals surface area contributed by atoms with Crippen molar-refractivity contribution >= 4 is 50.1 Å². The first-order valence-corrected chi connectivity index (χ1v) is 10.9. The van der Waals surface area contributed by atoms with Crippen LogP contribution in [0.5, 0.6) is 5.75 Å². The van der Waals surface area contributed by atoms with Gasteiger partial charge in [-0.25, -0.2) is 8.42 Å². The van der Waals surface area contributed by atoms with Crippen LogP contribution in [0.3, 0.4) is 0 Å². The van der Waals surface area contributed by atoms with Crippen LogP contribution in [0.2, 0.25) is 0 Å². The summed E-state index contributed by atoms with van der Waals surface area (Å²) < 4.78 is 29.5. The van der Waals surface area contributed by atoms with Crippen molar-refractivity contribution in [2.45, 2.75) is 12.5 Å². The van der Waals surface area contributed by atoms with Crippen molar-refractivity contribution in [2.24, 2.45) is 0 Å². The Labute approximate surface area is 155 Å². The monoisotopic (exact) mass is 393 g/mol. The Morgan fingerprint density at radius 1 is 1.32 bits per heavy atom. The molecule has 0 radical (unpaired) electrons. The number of thiocarbonyl (C=S) groups is 1. The Bertz CT molecular complexity index is 933. The SMILES string of the molecule is O=C1/C(=C\C2=Cc3ccccc3OC2)SC(=S)N1[C@H]1CCS(=O)(=O)C1.